The fraction of sp³-hybridized carbons (Fsp3) is 0.167. The van der Waals surface area contributed by atoms with E-state index >= 15 is 0 Å². The van der Waals surface area contributed by atoms with Crippen molar-refractivity contribution in [2.24, 2.45) is 0 Å². The van der Waals surface area contributed by atoms with E-state index in [1.54, 1.807) is 0 Å². The zero-order valence-electron chi connectivity index (χ0n) is 43.7. The summed E-state index contributed by atoms with van der Waals surface area (Å²) >= 11 is 0. The summed E-state index contributed by atoms with van der Waals surface area (Å²) in [4.78, 5) is 2.54. The molecule has 0 radical (unpaired) electrons. The molecule has 2 heterocycles. The number of fused-ring (bicyclic) bond motifs is 22. The number of anilines is 3. The quantitative estimate of drug-likeness (QED) is 0.176. The highest BCUT2D eigenvalue weighted by atomic mass is 16.3. The van der Waals surface area contributed by atoms with Crippen molar-refractivity contribution in [3.05, 3.63) is 233 Å². The summed E-state index contributed by atoms with van der Waals surface area (Å²) in [6, 6.07) is 70.2. The monoisotopic (exact) mass is 968 g/mol. The van der Waals surface area contributed by atoms with Gasteiger partial charge in [-0.05, 0) is 150 Å². The van der Waals surface area contributed by atoms with Crippen molar-refractivity contribution in [2.75, 3.05) is 4.90 Å². The van der Waals surface area contributed by atoms with Crippen molar-refractivity contribution in [1.82, 2.24) is 0 Å². The molecule has 10 aromatic carbocycles. The number of furan rings is 2. The topological polar surface area (TPSA) is 29.5 Å². The average molecular weight is 969 g/mol. The van der Waals surface area contributed by atoms with Gasteiger partial charge in [-0.3, -0.25) is 0 Å². The predicted molar refractivity (Wildman–Crippen MR) is 313 cm³/mol. The van der Waals surface area contributed by atoms with Crippen LogP contribution in [0.25, 0.3) is 99.5 Å². The molecule has 3 nitrogen and oxygen atoms in total. The lowest BCUT2D eigenvalue weighted by atomic mass is 9.72. The van der Waals surface area contributed by atoms with Crippen LogP contribution in [0.15, 0.2) is 197 Å². The molecule has 75 heavy (non-hydrogen) atoms. The number of nitrogens with zero attached hydrogens (tertiary/aromatic N) is 1. The van der Waals surface area contributed by atoms with E-state index in [1.165, 1.54) is 122 Å². The molecule has 0 saturated carbocycles. The van der Waals surface area contributed by atoms with Gasteiger partial charge in [0.1, 0.15) is 22.3 Å². The van der Waals surface area contributed by atoms with Crippen LogP contribution in [-0.4, -0.2) is 0 Å². The van der Waals surface area contributed by atoms with E-state index in [0.29, 0.717) is 0 Å². The molecular weight excluding hydrogens is 911 g/mol. The van der Waals surface area contributed by atoms with E-state index in [0.717, 1.165) is 39.4 Å². The molecule has 0 atom stereocenters. The third kappa shape index (κ3) is 5.36. The summed E-state index contributed by atoms with van der Waals surface area (Å²) in [5.74, 6) is 0. The van der Waals surface area contributed by atoms with Gasteiger partial charge in [0, 0.05) is 67.1 Å². The van der Waals surface area contributed by atoms with Gasteiger partial charge in [0.2, 0.25) is 0 Å². The largest absolute Gasteiger partial charge is 0.456 e. The summed E-state index contributed by atoms with van der Waals surface area (Å²) in [5.41, 5.74) is 29.9. The summed E-state index contributed by atoms with van der Waals surface area (Å²) in [7, 11) is 0. The highest BCUT2D eigenvalue weighted by Gasteiger charge is 2.49. The standard InChI is InChI=1S/C72H55NO2.H2/c1-69(2)52-34-35-60-62(47-24-14-18-28-58(47)74-60)61(52)50-39-55-49(38-56(50)69)44-32-30-41(36-53(44)70(55,3)4)73(57-27-17-13-22-43(57)40-20-10-9-11-21-40)42-31-33-46-54(37-42)72(7,8)66-63(46)64-48-25-15-19-29-59(48)75-68(64)65-45-23-12-16-26-51(45)71(5,6)67(65)66;/h9-39H,1-8H3;1H/i;1+1. The Morgan fingerprint density at radius 1 is 0.333 bits per heavy atom. The van der Waals surface area contributed by atoms with E-state index < -0.39 is 0 Å². The Labute approximate surface area is 439 Å². The first-order valence-electron chi connectivity index (χ1n) is 26.7. The molecule has 0 saturated heterocycles. The summed E-state index contributed by atoms with van der Waals surface area (Å²) in [6.45, 7) is 19.4. The van der Waals surface area contributed by atoms with Crippen LogP contribution in [0, 0.1) is 0 Å². The molecule has 4 aliphatic rings. The highest BCUT2D eigenvalue weighted by Crippen LogP contribution is 2.64. The minimum absolute atomic E-state index is 0. The van der Waals surface area contributed by atoms with Crippen LogP contribution >= 0.6 is 0 Å². The first-order chi connectivity index (χ1) is 36.2. The molecule has 12 aromatic rings. The SMILES string of the molecule is CC1(C)c2cc(N(c3ccc4c(c3)C(C)(C)c3c5c(c6oc7ccccc7c6c3-4)-c3ccccc3C5(C)C)c3ccccc3-c3ccccc3)ccc2-c2cc3c(cc21)-c1c(ccc2oc4ccccc4c12)C3(C)C.[2HH]. The Kier molecular flexibility index (Phi) is 8.18. The molecule has 4 aliphatic carbocycles. The average Bonchev–Trinajstić information content (AvgIpc) is 4.39. The van der Waals surface area contributed by atoms with Crippen molar-refractivity contribution < 1.29 is 10.3 Å². The van der Waals surface area contributed by atoms with Crippen molar-refractivity contribution in [3.63, 3.8) is 0 Å². The molecule has 2 aromatic heterocycles. The zero-order valence-corrected chi connectivity index (χ0v) is 43.7. The third-order valence-corrected chi connectivity index (χ3v) is 18.6. The number of hydrogen-bond acceptors (Lipinski definition) is 3. The first kappa shape index (κ1) is 43.0. The van der Waals surface area contributed by atoms with E-state index in [2.05, 4.69) is 248 Å². The van der Waals surface area contributed by atoms with Gasteiger partial charge in [0.05, 0.1) is 5.69 Å². The normalized spacial score (nSPS) is 16.2. The van der Waals surface area contributed by atoms with Gasteiger partial charge < -0.3 is 13.7 Å². The molecule has 0 bridgehead atoms. The van der Waals surface area contributed by atoms with E-state index in [1.807, 2.05) is 0 Å². The van der Waals surface area contributed by atoms with Crippen LogP contribution in [0.4, 0.5) is 17.1 Å². The third-order valence-electron chi connectivity index (χ3n) is 18.6. The van der Waals surface area contributed by atoms with Gasteiger partial charge >= 0.3 is 0 Å². The second kappa shape index (κ2) is 14.3. The van der Waals surface area contributed by atoms with Crippen LogP contribution in [-0.2, 0) is 21.7 Å². The fourth-order valence-electron chi connectivity index (χ4n) is 15.0. The molecule has 0 aliphatic heterocycles. The lowest BCUT2D eigenvalue weighted by molar-refractivity contribution is 0.600. The zero-order chi connectivity index (χ0) is 50.7. The molecule has 16 rings (SSSR count). The van der Waals surface area contributed by atoms with Crippen LogP contribution in [0.2, 0.25) is 0 Å². The summed E-state index contributed by atoms with van der Waals surface area (Å²) < 4.78 is 13.5. The summed E-state index contributed by atoms with van der Waals surface area (Å²) in [5, 5.41) is 4.79. The molecule has 0 spiro atoms. The fourth-order valence-corrected chi connectivity index (χ4v) is 15.0. The smallest absolute Gasteiger partial charge is 0.144 e. The lowest BCUT2D eigenvalue weighted by Gasteiger charge is -2.32. The molecule has 0 unspecified atom stereocenters. The second-order valence-electron chi connectivity index (χ2n) is 23.9. The Bertz CT molecular complexity index is 4540. The minimum atomic E-state index is -0.343. The highest BCUT2D eigenvalue weighted by molar-refractivity contribution is 6.21. The Hall–Kier alpha value is -8.40. The minimum Gasteiger partial charge on any atom is -0.456 e. The van der Waals surface area contributed by atoms with E-state index in [-0.39, 0.29) is 23.1 Å². The van der Waals surface area contributed by atoms with Gasteiger partial charge in [-0.25, -0.2) is 0 Å². The van der Waals surface area contributed by atoms with E-state index in [9.17, 15) is 0 Å². The molecule has 0 amide bonds. The maximum Gasteiger partial charge on any atom is 0.144 e. The van der Waals surface area contributed by atoms with Crippen molar-refractivity contribution >= 4 is 60.9 Å². The van der Waals surface area contributed by atoms with Crippen LogP contribution in [0.3, 0.4) is 0 Å². The van der Waals surface area contributed by atoms with E-state index in [4.69, 9.17) is 8.83 Å². The Morgan fingerprint density at radius 3 is 1.63 bits per heavy atom. The predicted octanol–water partition coefficient (Wildman–Crippen LogP) is 20.1. The maximum atomic E-state index is 7.03. The van der Waals surface area contributed by atoms with Gasteiger partial charge in [0.25, 0.3) is 0 Å². The number of para-hydroxylation sites is 3. The van der Waals surface area contributed by atoms with Crippen LogP contribution in [0.1, 0.15) is 101 Å². The van der Waals surface area contributed by atoms with Gasteiger partial charge in [-0.2, -0.15) is 0 Å². The van der Waals surface area contributed by atoms with Crippen LogP contribution < -0.4 is 4.90 Å². The molecule has 3 heteroatoms. The van der Waals surface area contributed by atoms with Gasteiger partial charge in [0.15, 0.2) is 0 Å². The lowest BCUT2D eigenvalue weighted by Crippen LogP contribution is -2.24. The number of hydrogen-bond donors (Lipinski definition) is 0. The Balaban J connectivity index is 0.00000506. The van der Waals surface area contributed by atoms with Crippen molar-refractivity contribution in [2.45, 2.75) is 77.0 Å². The van der Waals surface area contributed by atoms with Gasteiger partial charge in [-0.15, -0.1) is 0 Å². The first-order valence-corrected chi connectivity index (χ1v) is 26.7. The molecule has 0 N–H and O–H groups in total. The van der Waals surface area contributed by atoms with Crippen molar-refractivity contribution in [3.8, 4) is 55.6 Å². The maximum absolute atomic E-state index is 7.03. The molecular formula is C72H57NO2. The summed E-state index contributed by atoms with van der Waals surface area (Å²) in [6.07, 6.45) is 0. The van der Waals surface area contributed by atoms with Crippen LogP contribution in [0.5, 0.6) is 0 Å². The Morgan fingerprint density at radius 2 is 0.867 bits per heavy atom. The second-order valence-corrected chi connectivity index (χ2v) is 23.9. The number of benzene rings is 10. The molecule has 362 valence electrons. The van der Waals surface area contributed by atoms with Gasteiger partial charge in [-0.1, -0.05) is 183 Å². The molecule has 0 fully saturated rings. The number of rotatable bonds is 4. The van der Waals surface area contributed by atoms with Crippen molar-refractivity contribution in [1.29, 1.82) is 0 Å².